The highest BCUT2D eigenvalue weighted by molar-refractivity contribution is 7.97. The molecule has 0 radical (unpaired) electrons. The van der Waals surface area contributed by atoms with Crippen LogP contribution >= 0.6 is 11.9 Å². The van der Waals surface area contributed by atoms with Crippen LogP contribution in [0.5, 0.6) is 0 Å². The first-order valence-electron chi connectivity index (χ1n) is 4.15. The Bertz CT molecular complexity index is 98.3. The zero-order valence-corrected chi connectivity index (χ0v) is 8.52. The molecule has 0 aliphatic heterocycles. The summed E-state index contributed by atoms with van der Waals surface area (Å²) < 4.78 is 4.13. The van der Waals surface area contributed by atoms with Crippen molar-refractivity contribution in [1.82, 2.24) is 4.90 Å². The van der Waals surface area contributed by atoms with Gasteiger partial charge in [0, 0.05) is 19.3 Å². The molecule has 0 saturated heterocycles. The summed E-state index contributed by atoms with van der Waals surface area (Å²) in [5.41, 5.74) is 0. The third-order valence-corrected chi connectivity index (χ3v) is 1.64. The number of hydrogen-bond donors (Lipinski definition) is 0. The van der Waals surface area contributed by atoms with Gasteiger partial charge in [-0.25, -0.2) is 4.40 Å². The summed E-state index contributed by atoms with van der Waals surface area (Å²) in [6.07, 6.45) is 6.31. The average Bonchev–Trinajstić information content (AvgIpc) is 2.01. The standard InChI is InChI=1S/C8H18N2S/c1-4-6-10(7-5-2)8-9-11-3/h8H,4-7H2,1-3H3. The van der Waals surface area contributed by atoms with Crippen molar-refractivity contribution in [1.29, 1.82) is 0 Å². The molecule has 0 amide bonds. The molecule has 0 aliphatic carbocycles. The minimum absolute atomic E-state index is 1.12. The Morgan fingerprint density at radius 3 is 2.18 bits per heavy atom. The van der Waals surface area contributed by atoms with Crippen LogP contribution in [-0.2, 0) is 0 Å². The van der Waals surface area contributed by atoms with Gasteiger partial charge in [0.1, 0.15) is 0 Å². The lowest BCUT2D eigenvalue weighted by Crippen LogP contribution is -2.23. The lowest BCUT2D eigenvalue weighted by molar-refractivity contribution is 0.429. The molecular formula is C8H18N2S. The molecule has 66 valence electrons. The van der Waals surface area contributed by atoms with Gasteiger partial charge in [-0.05, 0) is 24.8 Å². The highest BCUT2D eigenvalue weighted by Crippen LogP contribution is 1.95. The van der Waals surface area contributed by atoms with Crippen molar-refractivity contribution in [2.24, 2.45) is 4.40 Å². The number of hydrogen-bond acceptors (Lipinski definition) is 2. The minimum atomic E-state index is 1.12. The smallest absolute Gasteiger partial charge is 0.0989 e. The van der Waals surface area contributed by atoms with E-state index >= 15 is 0 Å². The first kappa shape index (κ1) is 10.8. The van der Waals surface area contributed by atoms with Crippen LogP contribution in [-0.4, -0.2) is 30.6 Å². The van der Waals surface area contributed by atoms with Crippen molar-refractivity contribution >= 4 is 18.3 Å². The maximum absolute atomic E-state index is 4.13. The van der Waals surface area contributed by atoms with Gasteiger partial charge >= 0.3 is 0 Å². The second-order valence-electron chi connectivity index (χ2n) is 2.44. The SMILES string of the molecule is CCCN(C=NSC)CCC. The fourth-order valence-corrected chi connectivity index (χ4v) is 1.14. The molecule has 0 heterocycles. The summed E-state index contributed by atoms with van der Waals surface area (Å²) in [6, 6.07) is 0. The fraction of sp³-hybridized carbons (Fsp3) is 0.875. The van der Waals surface area contributed by atoms with E-state index in [2.05, 4.69) is 23.1 Å². The summed E-state index contributed by atoms with van der Waals surface area (Å²) in [5, 5.41) is 0. The van der Waals surface area contributed by atoms with Crippen molar-refractivity contribution in [2.45, 2.75) is 26.7 Å². The van der Waals surface area contributed by atoms with Crippen LogP contribution in [0.4, 0.5) is 0 Å². The maximum atomic E-state index is 4.13. The largest absolute Gasteiger partial charge is 0.362 e. The van der Waals surface area contributed by atoms with Gasteiger partial charge in [0.15, 0.2) is 0 Å². The molecule has 3 heteroatoms. The molecule has 0 rings (SSSR count). The van der Waals surface area contributed by atoms with E-state index in [1.807, 2.05) is 12.6 Å². The van der Waals surface area contributed by atoms with Gasteiger partial charge < -0.3 is 4.90 Å². The molecule has 0 unspecified atom stereocenters. The quantitative estimate of drug-likeness (QED) is 0.349. The van der Waals surface area contributed by atoms with Crippen molar-refractivity contribution < 1.29 is 0 Å². The van der Waals surface area contributed by atoms with Crippen LogP contribution in [0, 0.1) is 0 Å². The Kier molecular flexibility index (Phi) is 7.79. The highest BCUT2D eigenvalue weighted by Gasteiger charge is 1.94. The summed E-state index contributed by atoms with van der Waals surface area (Å²) in [4.78, 5) is 2.26. The second kappa shape index (κ2) is 7.92. The number of rotatable bonds is 6. The van der Waals surface area contributed by atoms with Crippen molar-refractivity contribution in [3.63, 3.8) is 0 Å². The van der Waals surface area contributed by atoms with E-state index < -0.39 is 0 Å². The lowest BCUT2D eigenvalue weighted by Gasteiger charge is -2.16. The van der Waals surface area contributed by atoms with Crippen molar-refractivity contribution in [3.8, 4) is 0 Å². The van der Waals surface area contributed by atoms with Crippen molar-refractivity contribution in [2.75, 3.05) is 19.3 Å². The van der Waals surface area contributed by atoms with E-state index in [0.717, 1.165) is 13.1 Å². The molecule has 0 spiro atoms. The van der Waals surface area contributed by atoms with Gasteiger partial charge in [0.05, 0.1) is 6.34 Å². The molecule has 2 nitrogen and oxygen atoms in total. The Morgan fingerprint density at radius 1 is 1.27 bits per heavy atom. The molecule has 0 aromatic carbocycles. The predicted octanol–water partition coefficient (Wildman–Crippen LogP) is 2.41. The molecule has 0 aromatic rings. The third-order valence-electron chi connectivity index (χ3n) is 1.34. The lowest BCUT2D eigenvalue weighted by atomic mass is 10.4. The second-order valence-corrected chi connectivity index (χ2v) is 3.02. The number of nitrogens with zero attached hydrogens (tertiary/aromatic N) is 2. The average molecular weight is 174 g/mol. The summed E-state index contributed by atoms with van der Waals surface area (Å²) in [6.45, 7) is 6.63. The third kappa shape index (κ3) is 6.23. The van der Waals surface area contributed by atoms with Gasteiger partial charge in [0.2, 0.25) is 0 Å². The Morgan fingerprint density at radius 2 is 1.82 bits per heavy atom. The maximum Gasteiger partial charge on any atom is 0.0989 e. The zero-order valence-electron chi connectivity index (χ0n) is 7.71. The molecule has 0 N–H and O–H groups in total. The predicted molar refractivity (Wildman–Crippen MR) is 54.2 cm³/mol. The normalized spacial score (nSPS) is 10.8. The summed E-state index contributed by atoms with van der Waals surface area (Å²) in [7, 11) is 0. The van der Waals surface area contributed by atoms with Gasteiger partial charge in [-0.2, -0.15) is 0 Å². The van der Waals surface area contributed by atoms with Gasteiger partial charge in [0.25, 0.3) is 0 Å². The molecule has 0 aromatic heterocycles. The molecular weight excluding hydrogens is 156 g/mol. The first-order valence-corrected chi connectivity index (χ1v) is 5.34. The zero-order chi connectivity index (χ0) is 8.53. The first-order chi connectivity index (χ1) is 5.35. The van der Waals surface area contributed by atoms with Crippen LogP contribution in [0.1, 0.15) is 26.7 Å². The van der Waals surface area contributed by atoms with E-state index in [9.17, 15) is 0 Å². The van der Waals surface area contributed by atoms with E-state index in [1.165, 1.54) is 24.8 Å². The van der Waals surface area contributed by atoms with Crippen LogP contribution in [0.15, 0.2) is 4.40 Å². The van der Waals surface area contributed by atoms with Crippen LogP contribution in [0.25, 0.3) is 0 Å². The van der Waals surface area contributed by atoms with Crippen molar-refractivity contribution in [3.05, 3.63) is 0 Å². The van der Waals surface area contributed by atoms with Gasteiger partial charge in [-0.1, -0.05) is 13.8 Å². The van der Waals surface area contributed by atoms with Crippen LogP contribution < -0.4 is 0 Å². The van der Waals surface area contributed by atoms with Crippen LogP contribution in [0.2, 0.25) is 0 Å². The Labute approximate surface area is 74.2 Å². The summed E-state index contributed by atoms with van der Waals surface area (Å²) >= 11 is 1.51. The highest BCUT2D eigenvalue weighted by atomic mass is 32.2. The fourth-order valence-electron chi connectivity index (χ4n) is 0.916. The van der Waals surface area contributed by atoms with E-state index in [4.69, 9.17) is 0 Å². The molecule has 11 heavy (non-hydrogen) atoms. The van der Waals surface area contributed by atoms with Gasteiger partial charge in [-0.15, -0.1) is 0 Å². The molecule has 0 atom stereocenters. The van der Waals surface area contributed by atoms with E-state index in [1.54, 1.807) is 0 Å². The van der Waals surface area contributed by atoms with E-state index in [-0.39, 0.29) is 0 Å². The van der Waals surface area contributed by atoms with E-state index in [0.29, 0.717) is 0 Å². The minimum Gasteiger partial charge on any atom is -0.362 e. The Balaban J connectivity index is 3.58. The van der Waals surface area contributed by atoms with Gasteiger partial charge in [-0.3, -0.25) is 0 Å². The topological polar surface area (TPSA) is 15.6 Å². The molecule has 0 bridgehead atoms. The molecule has 0 fully saturated rings. The Hall–Kier alpha value is -0.180. The summed E-state index contributed by atoms with van der Waals surface area (Å²) in [5.74, 6) is 0. The van der Waals surface area contributed by atoms with Crippen LogP contribution in [0.3, 0.4) is 0 Å². The molecule has 0 saturated carbocycles. The molecule has 0 aliphatic rings. The monoisotopic (exact) mass is 174 g/mol.